The summed E-state index contributed by atoms with van der Waals surface area (Å²) in [6.45, 7) is 0. The molecular weight excluding hydrogens is 426 g/mol. The summed E-state index contributed by atoms with van der Waals surface area (Å²) in [5.41, 5.74) is 8.13. The number of nitrogen functional groups attached to an aromatic ring is 1. The molecule has 0 spiro atoms. The minimum absolute atomic E-state index is 0.113. The van der Waals surface area contributed by atoms with Crippen molar-refractivity contribution in [1.29, 1.82) is 5.41 Å². The molecule has 32 heavy (non-hydrogen) atoms. The fourth-order valence-corrected chi connectivity index (χ4v) is 4.49. The number of hydrogen-bond donors (Lipinski definition) is 2. The second-order valence-electron chi connectivity index (χ2n) is 7.95. The van der Waals surface area contributed by atoms with Crippen molar-refractivity contribution in [3.63, 3.8) is 0 Å². The van der Waals surface area contributed by atoms with Crippen molar-refractivity contribution in [3.8, 4) is 11.1 Å². The summed E-state index contributed by atoms with van der Waals surface area (Å²) in [5, 5.41) is 17.0. The molecule has 0 aliphatic heterocycles. The summed E-state index contributed by atoms with van der Waals surface area (Å²) < 4.78 is 23.6. The summed E-state index contributed by atoms with van der Waals surface area (Å²) in [5.74, 6) is 0.211. The van der Waals surface area contributed by atoms with Crippen LogP contribution >= 0.6 is 0 Å². The lowest BCUT2D eigenvalue weighted by molar-refractivity contribution is 0.336. The highest BCUT2D eigenvalue weighted by Gasteiger charge is 2.43. The number of benzene rings is 2. The van der Waals surface area contributed by atoms with E-state index in [1.54, 1.807) is 24.5 Å². The molecule has 0 radical (unpaired) electrons. The number of aromatic nitrogens is 2. The maximum atomic E-state index is 11.8. The highest BCUT2D eigenvalue weighted by atomic mass is 32.2. The molecule has 5 N–H and O–H groups in total. The molecule has 0 saturated heterocycles. The Hall–Kier alpha value is -3.59. The Balaban J connectivity index is 1.61. The molecule has 3 aromatic rings. The largest absolute Gasteiger partial charge is 0.578 e. The number of aliphatic imine (C=N–C) groups is 1. The first-order valence-corrected chi connectivity index (χ1v) is 12.0. The number of nitrogens with two attached hydrogens (primary N) is 1. The van der Waals surface area contributed by atoms with E-state index in [1.165, 1.54) is 12.1 Å². The van der Waals surface area contributed by atoms with Crippen molar-refractivity contribution >= 4 is 27.5 Å². The number of nitrogens with zero attached hydrogens (tertiary/aromatic N) is 3. The highest BCUT2D eigenvalue weighted by Crippen LogP contribution is 2.45. The van der Waals surface area contributed by atoms with Crippen LogP contribution in [0.15, 0.2) is 70.8 Å². The molecule has 0 atom stereocenters. The van der Waals surface area contributed by atoms with Crippen LogP contribution in [-0.4, -0.2) is 41.5 Å². The molecule has 0 unspecified atom stereocenters. The Morgan fingerprint density at radius 2 is 1.75 bits per heavy atom. The summed E-state index contributed by atoms with van der Waals surface area (Å²) in [6, 6.07) is 14.0. The van der Waals surface area contributed by atoms with Crippen LogP contribution < -0.4 is 5.73 Å². The zero-order valence-electron chi connectivity index (χ0n) is 17.5. The lowest BCUT2D eigenvalue weighted by Crippen LogP contribution is -2.41. The van der Waals surface area contributed by atoms with E-state index in [2.05, 4.69) is 15.0 Å². The predicted molar refractivity (Wildman–Crippen MR) is 125 cm³/mol. The van der Waals surface area contributed by atoms with Crippen LogP contribution in [0.25, 0.3) is 11.1 Å². The minimum Gasteiger partial charge on any atom is -0.578 e. The van der Waals surface area contributed by atoms with Gasteiger partial charge in [0, 0.05) is 24.2 Å². The zero-order chi connectivity index (χ0) is 22.9. The molecule has 1 saturated carbocycles. The fourth-order valence-electron chi connectivity index (χ4n) is 3.82. The van der Waals surface area contributed by atoms with Crippen LogP contribution in [0.2, 0.25) is 0 Å². The van der Waals surface area contributed by atoms with Crippen molar-refractivity contribution in [3.05, 3.63) is 72.1 Å². The first-order valence-electron chi connectivity index (χ1n) is 10.1. The van der Waals surface area contributed by atoms with E-state index < -0.39 is 15.3 Å². The Labute approximate surface area is 186 Å². The second-order valence-corrected chi connectivity index (χ2v) is 9.97. The third-order valence-corrected chi connectivity index (χ3v) is 6.97. The van der Waals surface area contributed by atoms with Gasteiger partial charge in [0.05, 0.1) is 15.9 Å². The molecule has 0 bridgehead atoms. The lowest BCUT2D eigenvalue weighted by atomic mass is 9.63. The molecule has 4 rings (SSSR count). The molecule has 1 heterocycles. The van der Waals surface area contributed by atoms with Gasteiger partial charge in [-0.1, -0.05) is 36.8 Å². The van der Waals surface area contributed by atoms with Gasteiger partial charge in [-0.15, -0.1) is 4.99 Å². The molecule has 1 aliphatic carbocycles. The Morgan fingerprint density at radius 1 is 1.09 bits per heavy atom. The van der Waals surface area contributed by atoms with Crippen molar-refractivity contribution in [2.45, 2.75) is 29.6 Å². The van der Waals surface area contributed by atoms with Crippen LogP contribution in [0.1, 0.15) is 30.4 Å². The number of anilines is 1. The predicted octanol–water partition coefficient (Wildman–Crippen LogP) is 2.70. The average molecular weight is 451 g/mol. The van der Waals surface area contributed by atoms with Gasteiger partial charge in [0.1, 0.15) is 5.84 Å². The van der Waals surface area contributed by atoms with Gasteiger partial charge in [-0.25, -0.2) is 18.4 Å². The summed E-state index contributed by atoms with van der Waals surface area (Å²) in [6.07, 6.45) is 6.98. The van der Waals surface area contributed by atoms with Crippen molar-refractivity contribution in [2.75, 3.05) is 12.0 Å². The van der Waals surface area contributed by atoms with Gasteiger partial charge in [0.15, 0.2) is 9.84 Å². The van der Waals surface area contributed by atoms with Crippen LogP contribution in [-0.2, 0) is 15.3 Å². The number of nitrogens with one attached hydrogen (secondary N) is 1. The number of rotatable bonds is 5. The van der Waals surface area contributed by atoms with E-state index in [-0.39, 0.29) is 22.6 Å². The van der Waals surface area contributed by atoms with E-state index in [4.69, 9.17) is 16.2 Å². The van der Waals surface area contributed by atoms with E-state index in [1.807, 2.05) is 24.3 Å². The third kappa shape index (κ3) is 4.11. The first-order chi connectivity index (χ1) is 15.2. The Bertz CT molecular complexity index is 1300. The maximum absolute atomic E-state index is 11.8. The summed E-state index contributed by atoms with van der Waals surface area (Å²) in [7, 11) is -3.39. The van der Waals surface area contributed by atoms with Crippen molar-refractivity contribution in [2.24, 2.45) is 4.99 Å². The lowest BCUT2D eigenvalue weighted by Gasteiger charge is -2.41. The van der Waals surface area contributed by atoms with Gasteiger partial charge in [0.2, 0.25) is 5.95 Å². The fraction of sp³-hybridized carbons (Fsp3) is 0.217. The number of sulfone groups is 1. The van der Waals surface area contributed by atoms with Crippen LogP contribution in [0.4, 0.5) is 5.95 Å². The van der Waals surface area contributed by atoms with Gasteiger partial charge in [0.25, 0.3) is 0 Å². The monoisotopic (exact) mass is 450 g/mol. The van der Waals surface area contributed by atoms with Gasteiger partial charge in [-0.2, -0.15) is 0 Å². The normalized spacial score (nSPS) is 15.7. The number of amidine groups is 1. The van der Waals surface area contributed by atoms with E-state index >= 15 is 0 Å². The Kier molecular flexibility index (Phi) is 5.52. The molecular formula is C23H24N5O3S+. The average Bonchev–Trinajstić information content (AvgIpc) is 2.73. The molecule has 2 aromatic carbocycles. The van der Waals surface area contributed by atoms with E-state index in [0.717, 1.165) is 42.2 Å². The molecule has 1 fully saturated rings. The molecule has 1 aliphatic rings. The molecule has 9 heteroatoms. The summed E-state index contributed by atoms with van der Waals surface area (Å²) >= 11 is 0. The molecule has 164 valence electrons. The van der Waals surface area contributed by atoms with E-state index in [9.17, 15) is 8.42 Å². The van der Waals surface area contributed by atoms with Crippen molar-refractivity contribution < 1.29 is 13.5 Å². The minimum atomic E-state index is -3.39. The van der Waals surface area contributed by atoms with Gasteiger partial charge in [-0.05, 0) is 42.2 Å². The molecule has 8 nitrogen and oxygen atoms in total. The number of hydrogen-bond acceptors (Lipinski definition) is 6. The molecule has 0 amide bonds. The standard InChI is InChI=1S/C23H23N5O3S/c1-32(30,31)19-5-2-4-16(12-19)20(29)28-21(24)23(10-3-11-23)18-8-6-15(7-9-18)17-13-26-22(25)27-14-17/h2,4-9,12-14H,3,10-11H2,1H3,(H2,24,28,29)(H2,25,26,27)/p+1. The van der Waals surface area contributed by atoms with Gasteiger partial charge >= 0.3 is 5.90 Å². The van der Waals surface area contributed by atoms with Crippen LogP contribution in [0.5, 0.6) is 0 Å². The smallest absolute Gasteiger partial charge is 0.366 e. The van der Waals surface area contributed by atoms with Gasteiger partial charge < -0.3 is 10.8 Å². The van der Waals surface area contributed by atoms with Crippen molar-refractivity contribution in [1.82, 2.24) is 9.97 Å². The van der Waals surface area contributed by atoms with Crippen LogP contribution in [0, 0.1) is 5.41 Å². The van der Waals surface area contributed by atoms with E-state index in [0.29, 0.717) is 5.56 Å². The Morgan fingerprint density at radius 3 is 2.31 bits per heavy atom. The SMILES string of the molecule is CS(=O)(=O)c1cccc(C([OH2+])=NC(=N)C2(c3ccc(-c4cnc(N)nc4)cc3)CCC2)c1. The zero-order valence-corrected chi connectivity index (χ0v) is 18.4. The summed E-state index contributed by atoms with van der Waals surface area (Å²) in [4.78, 5) is 12.4. The third-order valence-electron chi connectivity index (χ3n) is 5.86. The molecule has 1 aromatic heterocycles. The maximum Gasteiger partial charge on any atom is 0.366 e. The van der Waals surface area contributed by atoms with Gasteiger partial charge in [-0.3, -0.25) is 5.41 Å². The topological polar surface area (TPSA) is 145 Å². The highest BCUT2D eigenvalue weighted by molar-refractivity contribution is 7.90. The van der Waals surface area contributed by atoms with Crippen LogP contribution in [0.3, 0.4) is 0 Å². The second kappa shape index (κ2) is 8.16. The quantitative estimate of drug-likeness (QED) is 0.349. The first kappa shape index (κ1) is 21.6.